The molecule has 6 heteroatoms. The van der Waals surface area contributed by atoms with Gasteiger partial charge in [0.2, 0.25) is 0 Å². The standard InChI is InChI=1S/C17H28N4O2/c1-21-16(12-15(20-21)13-6-4-7-13)19-17(22)18-10-5-9-14-8-2-3-11-23-14/h12-14H,2-11H2,1H3,(H2,18,19,22). The van der Waals surface area contributed by atoms with Gasteiger partial charge < -0.3 is 10.1 Å². The minimum absolute atomic E-state index is 0.155. The molecule has 0 aromatic carbocycles. The molecule has 1 aliphatic carbocycles. The summed E-state index contributed by atoms with van der Waals surface area (Å²) in [7, 11) is 1.87. The molecular weight excluding hydrogens is 292 g/mol. The zero-order chi connectivity index (χ0) is 16.1. The van der Waals surface area contributed by atoms with Gasteiger partial charge in [-0.05, 0) is 44.9 Å². The molecule has 1 saturated carbocycles. The monoisotopic (exact) mass is 320 g/mol. The summed E-state index contributed by atoms with van der Waals surface area (Å²) in [6.45, 7) is 1.57. The van der Waals surface area contributed by atoms with Gasteiger partial charge >= 0.3 is 6.03 Å². The minimum Gasteiger partial charge on any atom is -0.378 e. The summed E-state index contributed by atoms with van der Waals surface area (Å²) >= 11 is 0. The Morgan fingerprint density at radius 1 is 1.35 bits per heavy atom. The molecule has 3 rings (SSSR count). The zero-order valence-corrected chi connectivity index (χ0v) is 14.0. The van der Waals surface area contributed by atoms with E-state index in [-0.39, 0.29) is 6.03 Å². The number of nitrogens with one attached hydrogen (secondary N) is 2. The fraction of sp³-hybridized carbons (Fsp3) is 0.765. The number of ether oxygens (including phenoxy) is 1. The Hall–Kier alpha value is -1.56. The van der Waals surface area contributed by atoms with Gasteiger partial charge in [0.25, 0.3) is 0 Å². The quantitative estimate of drug-likeness (QED) is 0.791. The van der Waals surface area contributed by atoms with Crippen molar-refractivity contribution in [2.75, 3.05) is 18.5 Å². The lowest BCUT2D eigenvalue weighted by molar-refractivity contribution is 0.0103. The van der Waals surface area contributed by atoms with Crippen LogP contribution in [0.15, 0.2) is 6.07 Å². The maximum Gasteiger partial charge on any atom is 0.320 e. The van der Waals surface area contributed by atoms with E-state index in [0.717, 1.165) is 37.4 Å². The van der Waals surface area contributed by atoms with Crippen LogP contribution in [0.1, 0.15) is 63.0 Å². The first kappa shape index (κ1) is 16.3. The molecule has 128 valence electrons. The third kappa shape index (κ3) is 4.47. The average Bonchev–Trinajstić information content (AvgIpc) is 2.83. The van der Waals surface area contributed by atoms with Crippen molar-refractivity contribution in [3.8, 4) is 0 Å². The van der Waals surface area contributed by atoms with Crippen LogP contribution in [0.25, 0.3) is 0 Å². The molecule has 1 aromatic rings. The Kier molecular flexibility index (Phi) is 5.54. The van der Waals surface area contributed by atoms with Gasteiger partial charge in [-0.2, -0.15) is 5.10 Å². The molecular formula is C17H28N4O2. The zero-order valence-electron chi connectivity index (χ0n) is 14.0. The predicted octanol–water partition coefficient (Wildman–Crippen LogP) is 3.16. The largest absolute Gasteiger partial charge is 0.378 e. The summed E-state index contributed by atoms with van der Waals surface area (Å²) in [6.07, 6.45) is 9.69. The van der Waals surface area contributed by atoms with Crippen molar-refractivity contribution in [2.24, 2.45) is 7.05 Å². The van der Waals surface area contributed by atoms with E-state index in [1.807, 2.05) is 13.1 Å². The first-order chi connectivity index (χ1) is 11.2. The third-order valence-electron chi connectivity index (χ3n) is 4.93. The molecule has 2 fully saturated rings. The number of aryl methyl sites for hydroxylation is 1. The first-order valence-corrected chi connectivity index (χ1v) is 8.93. The van der Waals surface area contributed by atoms with Gasteiger partial charge in [0.15, 0.2) is 0 Å². The van der Waals surface area contributed by atoms with E-state index in [2.05, 4.69) is 15.7 Å². The Morgan fingerprint density at radius 3 is 2.91 bits per heavy atom. The van der Waals surface area contributed by atoms with Gasteiger partial charge in [0, 0.05) is 32.2 Å². The summed E-state index contributed by atoms with van der Waals surface area (Å²) < 4.78 is 7.45. The van der Waals surface area contributed by atoms with Crippen molar-refractivity contribution in [1.29, 1.82) is 0 Å². The van der Waals surface area contributed by atoms with E-state index in [1.54, 1.807) is 4.68 Å². The molecule has 2 amide bonds. The Morgan fingerprint density at radius 2 is 2.22 bits per heavy atom. The third-order valence-corrected chi connectivity index (χ3v) is 4.93. The second-order valence-corrected chi connectivity index (χ2v) is 6.72. The fourth-order valence-electron chi connectivity index (χ4n) is 3.24. The molecule has 0 spiro atoms. The number of hydrogen-bond donors (Lipinski definition) is 2. The van der Waals surface area contributed by atoms with Crippen LogP contribution in [0.4, 0.5) is 10.6 Å². The van der Waals surface area contributed by atoms with E-state index in [9.17, 15) is 4.79 Å². The lowest BCUT2D eigenvalue weighted by atomic mass is 9.83. The van der Waals surface area contributed by atoms with E-state index < -0.39 is 0 Å². The molecule has 1 unspecified atom stereocenters. The van der Waals surface area contributed by atoms with E-state index >= 15 is 0 Å². The van der Waals surface area contributed by atoms with Crippen LogP contribution in [0.3, 0.4) is 0 Å². The lowest BCUT2D eigenvalue weighted by Crippen LogP contribution is -2.31. The van der Waals surface area contributed by atoms with Crippen molar-refractivity contribution >= 4 is 11.8 Å². The van der Waals surface area contributed by atoms with Crippen molar-refractivity contribution < 1.29 is 9.53 Å². The van der Waals surface area contributed by atoms with Crippen LogP contribution >= 0.6 is 0 Å². The molecule has 1 aliphatic heterocycles. The predicted molar refractivity (Wildman–Crippen MR) is 89.6 cm³/mol. The van der Waals surface area contributed by atoms with Crippen LogP contribution in [0.5, 0.6) is 0 Å². The highest BCUT2D eigenvalue weighted by Gasteiger charge is 2.23. The smallest absolute Gasteiger partial charge is 0.320 e. The maximum absolute atomic E-state index is 12.0. The second kappa shape index (κ2) is 7.81. The SMILES string of the molecule is Cn1nc(C2CCC2)cc1NC(=O)NCCCC1CCCCO1. The molecule has 2 heterocycles. The summed E-state index contributed by atoms with van der Waals surface area (Å²) in [4.78, 5) is 12.0. The summed E-state index contributed by atoms with van der Waals surface area (Å²) in [5.41, 5.74) is 1.10. The van der Waals surface area contributed by atoms with Crippen molar-refractivity contribution in [3.05, 3.63) is 11.8 Å². The van der Waals surface area contributed by atoms with Crippen LogP contribution in [0.2, 0.25) is 0 Å². The van der Waals surface area contributed by atoms with Crippen LogP contribution < -0.4 is 10.6 Å². The van der Waals surface area contributed by atoms with E-state index in [1.165, 1.54) is 32.1 Å². The molecule has 1 aromatic heterocycles. The molecule has 1 atom stereocenters. The highest BCUT2D eigenvalue weighted by molar-refractivity contribution is 5.88. The molecule has 6 nitrogen and oxygen atoms in total. The van der Waals surface area contributed by atoms with Crippen LogP contribution in [0, 0.1) is 0 Å². The van der Waals surface area contributed by atoms with Gasteiger partial charge in [0.1, 0.15) is 5.82 Å². The van der Waals surface area contributed by atoms with Gasteiger partial charge in [-0.1, -0.05) is 6.42 Å². The van der Waals surface area contributed by atoms with Gasteiger partial charge in [-0.3, -0.25) is 10.00 Å². The number of carbonyl (C=O) groups excluding carboxylic acids is 1. The molecule has 23 heavy (non-hydrogen) atoms. The molecule has 2 aliphatic rings. The number of urea groups is 1. The second-order valence-electron chi connectivity index (χ2n) is 6.72. The molecule has 2 N–H and O–H groups in total. The minimum atomic E-state index is -0.155. The maximum atomic E-state index is 12.0. The number of hydrogen-bond acceptors (Lipinski definition) is 3. The van der Waals surface area contributed by atoms with Crippen molar-refractivity contribution in [2.45, 2.75) is 63.4 Å². The Balaban J connectivity index is 1.36. The Bertz CT molecular complexity index is 519. The topological polar surface area (TPSA) is 68.2 Å². The number of rotatable bonds is 6. The van der Waals surface area contributed by atoms with Crippen molar-refractivity contribution in [3.63, 3.8) is 0 Å². The summed E-state index contributed by atoms with van der Waals surface area (Å²) in [5, 5.41) is 10.3. The summed E-state index contributed by atoms with van der Waals surface area (Å²) in [5.74, 6) is 1.34. The van der Waals surface area contributed by atoms with Crippen LogP contribution in [-0.2, 0) is 11.8 Å². The van der Waals surface area contributed by atoms with Gasteiger partial charge in [-0.25, -0.2) is 4.79 Å². The average molecular weight is 320 g/mol. The number of nitrogens with zero attached hydrogens (tertiary/aromatic N) is 2. The lowest BCUT2D eigenvalue weighted by Gasteiger charge is -2.22. The fourth-order valence-corrected chi connectivity index (χ4v) is 3.24. The number of aromatic nitrogens is 2. The highest BCUT2D eigenvalue weighted by atomic mass is 16.5. The highest BCUT2D eigenvalue weighted by Crippen LogP contribution is 2.36. The number of anilines is 1. The number of carbonyl (C=O) groups is 1. The normalized spacial score (nSPS) is 21.7. The summed E-state index contributed by atoms with van der Waals surface area (Å²) in [6, 6.07) is 1.84. The molecule has 0 radical (unpaired) electrons. The molecule has 0 bridgehead atoms. The number of amides is 2. The van der Waals surface area contributed by atoms with Gasteiger partial charge in [-0.15, -0.1) is 0 Å². The Labute approximate surface area is 138 Å². The molecule has 1 saturated heterocycles. The van der Waals surface area contributed by atoms with E-state index in [0.29, 0.717) is 18.6 Å². The first-order valence-electron chi connectivity index (χ1n) is 8.93. The van der Waals surface area contributed by atoms with Crippen LogP contribution in [-0.4, -0.2) is 35.1 Å². The van der Waals surface area contributed by atoms with Gasteiger partial charge in [0.05, 0.1) is 11.8 Å². The van der Waals surface area contributed by atoms with Crippen molar-refractivity contribution in [1.82, 2.24) is 15.1 Å². The van der Waals surface area contributed by atoms with E-state index in [4.69, 9.17) is 4.74 Å².